The van der Waals surface area contributed by atoms with Gasteiger partial charge in [0, 0.05) is 6.54 Å². The van der Waals surface area contributed by atoms with Crippen LogP contribution >= 0.6 is 11.6 Å². The average Bonchev–Trinajstić information content (AvgIpc) is 2.44. The molecule has 0 bridgehead atoms. The molecule has 0 saturated carbocycles. The zero-order valence-electron chi connectivity index (χ0n) is 10.5. The van der Waals surface area contributed by atoms with Crippen LogP contribution in [0.15, 0.2) is 36.7 Å². The molecule has 1 aromatic heterocycles. The van der Waals surface area contributed by atoms with Crippen molar-refractivity contribution in [3.05, 3.63) is 58.6 Å². The van der Waals surface area contributed by atoms with Crippen molar-refractivity contribution in [2.24, 2.45) is 0 Å². The van der Waals surface area contributed by atoms with E-state index in [0.717, 1.165) is 6.07 Å². The van der Waals surface area contributed by atoms with E-state index in [1.165, 1.54) is 30.6 Å². The van der Waals surface area contributed by atoms with Crippen LogP contribution in [-0.2, 0) is 12.7 Å². The minimum atomic E-state index is -4.48. The van der Waals surface area contributed by atoms with Crippen LogP contribution in [0.25, 0.3) is 0 Å². The number of nitrogens with zero attached hydrogens (tertiary/aromatic N) is 2. The molecule has 2 aromatic rings. The van der Waals surface area contributed by atoms with Crippen molar-refractivity contribution in [3.8, 4) is 0 Å². The Hall–Kier alpha value is -2.15. The minimum absolute atomic E-state index is 0.0262. The number of nitrogens with one attached hydrogen (secondary N) is 1. The quantitative estimate of drug-likeness (QED) is 0.947. The number of hydrogen-bond acceptors (Lipinski definition) is 3. The first kappa shape index (κ1) is 15.2. The van der Waals surface area contributed by atoms with Crippen molar-refractivity contribution in [2.45, 2.75) is 12.7 Å². The summed E-state index contributed by atoms with van der Waals surface area (Å²) in [5.41, 5.74) is -0.886. The van der Waals surface area contributed by atoms with Crippen LogP contribution in [0.3, 0.4) is 0 Å². The van der Waals surface area contributed by atoms with Crippen molar-refractivity contribution < 1.29 is 18.0 Å². The highest BCUT2D eigenvalue weighted by molar-refractivity contribution is 6.29. The van der Waals surface area contributed by atoms with Gasteiger partial charge in [-0.3, -0.25) is 9.78 Å². The number of amides is 1. The molecule has 110 valence electrons. The number of alkyl halides is 3. The van der Waals surface area contributed by atoms with Crippen LogP contribution < -0.4 is 5.32 Å². The molecule has 1 aromatic carbocycles. The third-order valence-corrected chi connectivity index (χ3v) is 2.78. The van der Waals surface area contributed by atoms with Gasteiger partial charge in [0.25, 0.3) is 5.91 Å². The zero-order valence-corrected chi connectivity index (χ0v) is 11.2. The van der Waals surface area contributed by atoms with Crippen LogP contribution in [0.4, 0.5) is 13.2 Å². The molecule has 21 heavy (non-hydrogen) atoms. The third kappa shape index (κ3) is 3.91. The molecule has 2 rings (SSSR count). The molecule has 8 heteroatoms. The van der Waals surface area contributed by atoms with Crippen molar-refractivity contribution in [3.63, 3.8) is 0 Å². The van der Waals surface area contributed by atoms with Gasteiger partial charge in [-0.15, -0.1) is 0 Å². The van der Waals surface area contributed by atoms with E-state index < -0.39 is 17.6 Å². The maximum Gasteiger partial charge on any atom is 0.416 e. The smallest absolute Gasteiger partial charge is 0.347 e. The Bertz CT molecular complexity index is 661. The summed E-state index contributed by atoms with van der Waals surface area (Å²) in [4.78, 5) is 19.2. The summed E-state index contributed by atoms with van der Waals surface area (Å²) in [6.07, 6.45) is -2.05. The van der Waals surface area contributed by atoms with Crippen LogP contribution in [0.5, 0.6) is 0 Å². The Kier molecular flexibility index (Phi) is 4.42. The second kappa shape index (κ2) is 6.09. The summed E-state index contributed by atoms with van der Waals surface area (Å²) in [6.45, 7) is -0.275. The van der Waals surface area contributed by atoms with E-state index in [4.69, 9.17) is 11.6 Å². The van der Waals surface area contributed by atoms with E-state index in [0.29, 0.717) is 0 Å². The SMILES string of the molecule is O=C(NCc1ccccc1C(F)(F)F)c1cncc(Cl)n1. The monoisotopic (exact) mass is 315 g/mol. The lowest BCUT2D eigenvalue weighted by molar-refractivity contribution is -0.138. The third-order valence-electron chi connectivity index (χ3n) is 2.60. The molecule has 1 heterocycles. The summed E-state index contributed by atoms with van der Waals surface area (Å²) in [6, 6.07) is 5.01. The van der Waals surface area contributed by atoms with Gasteiger partial charge in [-0.05, 0) is 11.6 Å². The molecule has 1 amide bonds. The number of rotatable bonds is 3. The van der Waals surface area contributed by atoms with Gasteiger partial charge in [-0.2, -0.15) is 13.2 Å². The highest BCUT2D eigenvalue weighted by Gasteiger charge is 2.32. The molecule has 4 nitrogen and oxygen atoms in total. The summed E-state index contributed by atoms with van der Waals surface area (Å²) in [5, 5.41) is 2.38. The molecule has 0 aliphatic heterocycles. The van der Waals surface area contributed by atoms with Gasteiger partial charge in [-0.1, -0.05) is 29.8 Å². The van der Waals surface area contributed by atoms with Crippen LogP contribution in [0.1, 0.15) is 21.6 Å². The Balaban J connectivity index is 2.12. The van der Waals surface area contributed by atoms with Gasteiger partial charge in [0.05, 0.1) is 18.0 Å². The Labute approximate surface area is 123 Å². The number of carbonyl (C=O) groups excluding carboxylic acids is 1. The number of benzene rings is 1. The molecule has 0 atom stereocenters. The van der Waals surface area contributed by atoms with E-state index in [1.54, 1.807) is 0 Å². The maximum atomic E-state index is 12.8. The van der Waals surface area contributed by atoms with E-state index in [9.17, 15) is 18.0 Å². The molecule has 0 aliphatic rings. The van der Waals surface area contributed by atoms with Gasteiger partial charge in [0.2, 0.25) is 0 Å². The largest absolute Gasteiger partial charge is 0.416 e. The standard InChI is InChI=1S/C13H9ClF3N3O/c14-11-7-18-6-10(20-11)12(21)19-5-8-3-1-2-4-9(8)13(15,16)17/h1-4,6-7H,5H2,(H,19,21). The molecular formula is C13H9ClF3N3O. The molecule has 0 spiro atoms. The van der Waals surface area contributed by atoms with Crippen molar-refractivity contribution in [2.75, 3.05) is 0 Å². The summed E-state index contributed by atoms with van der Waals surface area (Å²) in [5.74, 6) is -0.651. The van der Waals surface area contributed by atoms with Crippen molar-refractivity contribution in [1.29, 1.82) is 0 Å². The van der Waals surface area contributed by atoms with Crippen LogP contribution in [-0.4, -0.2) is 15.9 Å². The second-order valence-electron chi connectivity index (χ2n) is 4.06. The van der Waals surface area contributed by atoms with Gasteiger partial charge in [0.15, 0.2) is 0 Å². The number of carbonyl (C=O) groups is 1. The maximum absolute atomic E-state index is 12.8. The van der Waals surface area contributed by atoms with Crippen LogP contribution in [0, 0.1) is 0 Å². The second-order valence-corrected chi connectivity index (χ2v) is 4.45. The fourth-order valence-electron chi connectivity index (χ4n) is 1.67. The van der Waals surface area contributed by atoms with Gasteiger partial charge in [0.1, 0.15) is 10.8 Å². The number of halogens is 4. The highest BCUT2D eigenvalue weighted by Crippen LogP contribution is 2.31. The summed E-state index contributed by atoms with van der Waals surface area (Å²) >= 11 is 5.59. The first-order valence-electron chi connectivity index (χ1n) is 5.79. The van der Waals surface area contributed by atoms with Crippen LogP contribution in [0.2, 0.25) is 5.15 Å². The van der Waals surface area contributed by atoms with E-state index in [-0.39, 0.29) is 23.0 Å². The summed E-state index contributed by atoms with van der Waals surface area (Å²) < 4.78 is 38.4. The number of aromatic nitrogens is 2. The molecule has 0 fully saturated rings. The first-order chi connectivity index (χ1) is 9.88. The average molecular weight is 316 g/mol. The molecule has 0 aliphatic carbocycles. The predicted molar refractivity (Wildman–Crippen MR) is 69.7 cm³/mol. The normalized spacial score (nSPS) is 11.2. The molecule has 0 saturated heterocycles. The molecule has 0 unspecified atom stereocenters. The van der Waals surface area contributed by atoms with E-state index in [1.807, 2.05) is 0 Å². The molecule has 0 radical (unpaired) electrons. The predicted octanol–water partition coefficient (Wildman–Crippen LogP) is 3.08. The van der Waals surface area contributed by atoms with E-state index in [2.05, 4.69) is 15.3 Å². The highest BCUT2D eigenvalue weighted by atomic mass is 35.5. The summed E-state index contributed by atoms with van der Waals surface area (Å²) in [7, 11) is 0. The van der Waals surface area contributed by atoms with Gasteiger partial charge >= 0.3 is 6.18 Å². The van der Waals surface area contributed by atoms with E-state index >= 15 is 0 Å². The fourth-order valence-corrected chi connectivity index (χ4v) is 1.82. The fraction of sp³-hybridized carbons (Fsp3) is 0.154. The van der Waals surface area contributed by atoms with Crippen molar-refractivity contribution >= 4 is 17.5 Å². The Morgan fingerprint density at radius 2 is 1.95 bits per heavy atom. The molecule has 1 N–H and O–H groups in total. The van der Waals surface area contributed by atoms with Gasteiger partial charge in [-0.25, -0.2) is 4.98 Å². The Morgan fingerprint density at radius 1 is 1.24 bits per heavy atom. The first-order valence-corrected chi connectivity index (χ1v) is 6.16. The van der Waals surface area contributed by atoms with Crippen molar-refractivity contribution in [1.82, 2.24) is 15.3 Å². The van der Waals surface area contributed by atoms with Gasteiger partial charge < -0.3 is 5.32 Å². The minimum Gasteiger partial charge on any atom is -0.347 e. The lowest BCUT2D eigenvalue weighted by Gasteiger charge is -2.13. The Morgan fingerprint density at radius 3 is 2.62 bits per heavy atom. The zero-order chi connectivity index (χ0) is 15.5. The lowest BCUT2D eigenvalue weighted by atomic mass is 10.1. The lowest BCUT2D eigenvalue weighted by Crippen LogP contribution is -2.25. The number of hydrogen-bond donors (Lipinski definition) is 1. The topological polar surface area (TPSA) is 54.9 Å². The molecular weight excluding hydrogens is 307 g/mol.